The van der Waals surface area contributed by atoms with Gasteiger partial charge in [0.05, 0.1) is 10.6 Å². The zero-order valence-electron chi connectivity index (χ0n) is 13.8. The molecule has 3 rings (SSSR count). The molecule has 2 N–H and O–H groups in total. The molecule has 24 heavy (non-hydrogen) atoms. The maximum atomic E-state index is 13.1. The summed E-state index contributed by atoms with van der Waals surface area (Å²) in [5.74, 6) is -0.502. The molecule has 0 saturated carbocycles. The number of hydrogen-bond donors (Lipinski definition) is 2. The first-order valence-corrected chi connectivity index (χ1v) is 9.62. The molecule has 130 valence electrons. The van der Waals surface area contributed by atoms with Crippen LogP contribution in [0, 0.1) is 0 Å². The Morgan fingerprint density at radius 1 is 1.21 bits per heavy atom. The minimum absolute atomic E-state index is 0.130. The molecule has 0 bridgehead atoms. The molecule has 1 aromatic rings. The molecule has 1 aliphatic heterocycles. The van der Waals surface area contributed by atoms with E-state index in [0.717, 1.165) is 24.0 Å². The molecule has 0 aromatic heterocycles. The van der Waals surface area contributed by atoms with E-state index in [1.165, 1.54) is 10.4 Å². The molecular weight excluding hydrogens is 330 g/mol. The first kappa shape index (κ1) is 16.9. The first-order valence-electron chi connectivity index (χ1n) is 8.18. The average Bonchev–Trinajstić information content (AvgIpc) is 2.90. The molecule has 8 heteroatoms. The van der Waals surface area contributed by atoms with Crippen molar-refractivity contribution in [2.24, 2.45) is 5.16 Å². The van der Waals surface area contributed by atoms with Crippen molar-refractivity contribution < 1.29 is 18.4 Å². The van der Waals surface area contributed by atoms with Gasteiger partial charge in [0.2, 0.25) is 10.0 Å². The van der Waals surface area contributed by atoms with Crippen molar-refractivity contribution in [2.75, 3.05) is 18.4 Å². The quantitative estimate of drug-likeness (QED) is 0.637. The standard InChI is InChI=1S/C16H21N3O4S/c1-3-19(4-2)24(22,23)13-9-12-14(17-16(20)15(12)18-21)11-8-6-5-7-10(11)13/h9,21H,3-8H2,1-2H3,(H,17,18,20). The largest absolute Gasteiger partial charge is 0.410 e. The van der Waals surface area contributed by atoms with Gasteiger partial charge in [-0.05, 0) is 42.9 Å². The lowest BCUT2D eigenvalue weighted by molar-refractivity contribution is -0.110. The topological polar surface area (TPSA) is 99.1 Å². The Hall–Kier alpha value is -1.93. The molecule has 1 aliphatic carbocycles. The minimum Gasteiger partial charge on any atom is -0.410 e. The van der Waals surface area contributed by atoms with E-state index in [2.05, 4.69) is 10.5 Å². The molecular formula is C16H21N3O4S. The van der Waals surface area contributed by atoms with Crippen molar-refractivity contribution >= 4 is 27.3 Å². The summed E-state index contributed by atoms with van der Waals surface area (Å²) in [5, 5.41) is 14.9. The molecule has 1 heterocycles. The van der Waals surface area contributed by atoms with Crippen LogP contribution in [-0.4, -0.2) is 42.6 Å². The number of rotatable bonds is 4. The van der Waals surface area contributed by atoms with Gasteiger partial charge in [0, 0.05) is 18.7 Å². The lowest BCUT2D eigenvalue weighted by Gasteiger charge is -2.25. The second-order valence-electron chi connectivity index (χ2n) is 5.95. The molecule has 0 saturated heterocycles. The maximum absolute atomic E-state index is 13.1. The third-order valence-corrected chi connectivity index (χ3v) is 6.86. The van der Waals surface area contributed by atoms with Crippen LogP contribution in [0.1, 0.15) is 43.4 Å². The Kier molecular flexibility index (Phi) is 4.35. The normalized spacial score (nSPS) is 18.6. The molecule has 7 nitrogen and oxygen atoms in total. The third kappa shape index (κ3) is 2.41. The Balaban J connectivity index is 2.29. The van der Waals surface area contributed by atoms with E-state index in [9.17, 15) is 13.2 Å². The highest BCUT2D eigenvalue weighted by Crippen LogP contribution is 2.39. The van der Waals surface area contributed by atoms with Crippen molar-refractivity contribution in [1.82, 2.24) is 4.31 Å². The summed E-state index contributed by atoms with van der Waals surface area (Å²) in [7, 11) is -3.66. The molecule has 0 unspecified atom stereocenters. The maximum Gasteiger partial charge on any atom is 0.278 e. The number of carbonyl (C=O) groups excluding carboxylic acids is 1. The van der Waals surface area contributed by atoms with Crippen molar-refractivity contribution in [3.8, 4) is 0 Å². The van der Waals surface area contributed by atoms with Crippen molar-refractivity contribution in [1.29, 1.82) is 0 Å². The van der Waals surface area contributed by atoms with E-state index in [1.807, 2.05) is 0 Å². The van der Waals surface area contributed by atoms with Gasteiger partial charge in [0.25, 0.3) is 5.91 Å². The van der Waals surface area contributed by atoms with Crippen LogP contribution in [0.15, 0.2) is 16.1 Å². The molecule has 0 radical (unpaired) electrons. The number of sulfonamides is 1. The summed E-state index contributed by atoms with van der Waals surface area (Å²) < 4.78 is 27.5. The smallest absolute Gasteiger partial charge is 0.278 e. The summed E-state index contributed by atoms with van der Waals surface area (Å²) in [4.78, 5) is 12.2. The van der Waals surface area contributed by atoms with Gasteiger partial charge in [-0.1, -0.05) is 19.0 Å². The minimum atomic E-state index is -3.66. The average molecular weight is 351 g/mol. The number of anilines is 1. The number of fused-ring (bicyclic) bond motifs is 3. The number of oxime groups is 1. The second-order valence-corrected chi connectivity index (χ2v) is 7.86. The van der Waals surface area contributed by atoms with E-state index in [-0.39, 0.29) is 10.6 Å². The highest BCUT2D eigenvalue weighted by Gasteiger charge is 2.36. The van der Waals surface area contributed by atoms with Crippen LogP contribution < -0.4 is 5.32 Å². The van der Waals surface area contributed by atoms with Crippen molar-refractivity contribution in [3.63, 3.8) is 0 Å². The van der Waals surface area contributed by atoms with Gasteiger partial charge in [0.1, 0.15) is 0 Å². The van der Waals surface area contributed by atoms with Gasteiger partial charge in [-0.2, -0.15) is 4.31 Å². The highest BCUT2D eigenvalue weighted by atomic mass is 32.2. The number of benzene rings is 1. The van der Waals surface area contributed by atoms with Crippen molar-refractivity contribution in [3.05, 3.63) is 22.8 Å². The van der Waals surface area contributed by atoms with Crippen molar-refractivity contribution in [2.45, 2.75) is 44.4 Å². The highest BCUT2D eigenvalue weighted by molar-refractivity contribution is 7.89. The summed E-state index contributed by atoms with van der Waals surface area (Å²) in [5.41, 5.74) is 2.48. The van der Waals surface area contributed by atoms with Crippen LogP contribution in [0.4, 0.5) is 5.69 Å². The first-order chi connectivity index (χ1) is 11.5. The zero-order valence-corrected chi connectivity index (χ0v) is 14.6. The van der Waals surface area contributed by atoms with E-state index in [4.69, 9.17) is 5.21 Å². The molecule has 0 fully saturated rings. The number of nitrogens with zero attached hydrogens (tertiary/aromatic N) is 2. The van der Waals surface area contributed by atoms with Crippen LogP contribution in [0.2, 0.25) is 0 Å². The Bertz CT molecular complexity index is 826. The summed E-state index contributed by atoms with van der Waals surface area (Å²) in [6.45, 7) is 4.35. The van der Waals surface area contributed by atoms with Gasteiger partial charge in [0.15, 0.2) is 5.71 Å². The monoisotopic (exact) mass is 351 g/mol. The summed E-state index contributed by atoms with van der Waals surface area (Å²) >= 11 is 0. The summed E-state index contributed by atoms with van der Waals surface area (Å²) in [6.07, 6.45) is 3.23. The van der Waals surface area contributed by atoms with Gasteiger partial charge in [-0.25, -0.2) is 8.42 Å². The molecule has 0 spiro atoms. The number of hydrogen-bond acceptors (Lipinski definition) is 5. The van der Waals surface area contributed by atoms with Crippen LogP contribution in [-0.2, 0) is 27.7 Å². The van der Waals surface area contributed by atoms with E-state index >= 15 is 0 Å². The molecule has 0 atom stereocenters. The fourth-order valence-electron chi connectivity index (χ4n) is 3.56. The van der Waals surface area contributed by atoms with Crippen LogP contribution in [0.5, 0.6) is 0 Å². The van der Waals surface area contributed by atoms with Crippen LogP contribution in [0.25, 0.3) is 0 Å². The van der Waals surface area contributed by atoms with E-state index in [0.29, 0.717) is 37.2 Å². The lowest BCUT2D eigenvalue weighted by atomic mass is 9.88. The zero-order chi connectivity index (χ0) is 17.5. The molecule has 1 aromatic carbocycles. The fraction of sp³-hybridized carbons (Fsp3) is 0.500. The predicted octanol–water partition coefficient (Wildman–Crippen LogP) is 1.73. The third-order valence-electron chi connectivity index (χ3n) is 4.74. The number of carbonyl (C=O) groups is 1. The van der Waals surface area contributed by atoms with Gasteiger partial charge < -0.3 is 10.5 Å². The fourth-order valence-corrected chi connectivity index (χ4v) is 5.32. The van der Waals surface area contributed by atoms with Crippen LogP contribution in [0.3, 0.4) is 0 Å². The van der Waals surface area contributed by atoms with E-state index in [1.54, 1.807) is 13.8 Å². The van der Waals surface area contributed by atoms with Gasteiger partial charge in [-0.3, -0.25) is 4.79 Å². The Morgan fingerprint density at radius 3 is 2.42 bits per heavy atom. The second kappa shape index (κ2) is 6.18. The lowest BCUT2D eigenvalue weighted by Crippen LogP contribution is -2.32. The molecule has 2 aliphatic rings. The predicted molar refractivity (Wildman–Crippen MR) is 90.1 cm³/mol. The van der Waals surface area contributed by atoms with Gasteiger partial charge >= 0.3 is 0 Å². The van der Waals surface area contributed by atoms with E-state index < -0.39 is 15.9 Å². The summed E-state index contributed by atoms with van der Waals surface area (Å²) in [6, 6.07) is 1.49. The SMILES string of the molecule is CCN(CC)S(=O)(=O)c1cc2c(c3c1CCCC3)NC(=O)C2=NO. The molecule has 1 amide bonds. The Morgan fingerprint density at radius 2 is 1.83 bits per heavy atom. The number of nitrogens with one attached hydrogen (secondary N) is 1. The van der Waals surface area contributed by atoms with Gasteiger partial charge in [-0.15, -0.1) is 0 Å². The number of amides is 1. The Labute approximate surface area is 141 Å². The van der Waals surface area contributed by atoms with Crippen LogP contribution >= 0.6 is 0 Å².